The molecule has 3 aromatic heterocycles. The molecule has 0 spiro atoms. The predicted octanol–water partition coefficient (Wildman–Crippen LogP) is 2.85. The van der Waals surface area contributed by atoms with Crippen molar-refractivity contribution in [3.63, 3.8) is 0 Å². The van der Waals surface area contributed by atoms with Gasteiger partial charge in [-0.05, 0) is 38.0 Å². The molecule has 0 amide bonds. The highest BCUT2D eigenvalue weighted by molar-refractivity contribution is 7.98. The van der Waals surface area contributed by atoms with E-state index in [0.29, 0.717) is 5.78 Å². The summed E-state index contributed by atoms with van der Waals surface area (Å²) >= 11 is 1.51. The Morgan fingerprint density at radius 2 is 1.96 bits per heavy atom. The van der Waals surface area contributed by atoms with Crippen LogP contribution in [0.5, 0.6) is 0 Å². The lowest BCUT2D eigenvalue weighted by atomic mass is 10.00. The Kier molecular flexibility index (Phi) is 4.29. The standard InChI is InChI=1S/C17H21N7S/c1-11-5-8-23(9-6-11)15-18-7-4-14(20-15)13-10-19-16-21-17(25-3)22-24(16)12(13)2/h4,7,10-11H,5-6,8-9H2,1-3H3. The van der Waals surface area contributed by atoms with Crippen LogP contribution in [0.3, 0.4) is 0 Å². The van der Waals surface area contributed by atoms with E-state index in [1.54, 1.807) is 4.52 Å². The van der Waals surface area contributed by atoms with Crippen molar-refractivity contribution in [3.8, 4) is 11.3 Å². The van der Waals surface area contributed by atoms with E-state index in [1.807, 2.05) is 31.6 Å². The molecule has 1 aliphatic heterocycles. The third-order valence-corrected chi connectivity index (χ3v) is 5.29. The first-order valence-electron chi connectivity index (χ1n) is 8.50. The average molecular weight is 355 g/mol. The van der Waals surface area contributed by atoms with Gasteiger partial charge in [-0.25, -0.2) is 15.0 Å². The summed E-state index contributed by atoms with van der Waals surface area (Å²) in [7, 11) is 0. The van der Waals surface area contributed by atoms with Crippen LogP contribution in [0.2, 0.25) is 0 Å². The van der Waals surface area contributed by atoms with Crippen LogP contribution in [-0.4, -0.2) is 48.9 Å². The number of aryl methyl sites for hydroxylation is 1. The van der Waals surface area contributed by atoms with Crippen molar-refractivity contribution in [2.75, 3.05) is 24.2 Å². The van der Waals surface area contributed by atoms with E-state index in [2.05, 4.69) is 31.9 Å². The summed E-state index contributed by atoms with van der Waals surface area (Å²) in [5.41, 5.74) is 2.81. The number of hydrogen-bond donors (Lipinski definition) is 0. The molecule has 1 saturated heterocycles. The highest BCUT2D eigenvalue weighted by Gasteiger charge is 2.19. The van der Waals surface area contributed by atoms with Gasteiger partial charge in [0, 0.05) is 31.0 Å². The van der Waals surface area contributed by atoms with Crippen LogP contribution in [0.15, 0.2) is 23.6 Å². The number of hydrogen-bond acceptors (Lipinski definition) is 7. The molecule has 7 nitrogen and oxygen atoms in total. The van der Waals surface area contributed by atoms with Gasteiger partial charge in [0.25, 0.3) is 5.78 Å². The van der Waals surface area contributed by atoms with Crippen LogP contribution in [-0.2, 0) is 0 Å². The molecule has 130 valence electrons. The molecule has 1 aliphatic rings. The lowest BCUT2D eigenvalue weighted by Gasteiger charge is -2.30. The van der Waals surface area contributed by atoms with Gasteiger partial charge in [0.2, 0.25) is 11.1 Å². The van der Waals surface area contributed by atoms with Gasteiger partial charge >= 0.3 is 0 Å². The quantitative estimate of drug-likeness (QED) is 0.669. The van der Waals surface area contributed by atoms with Crippen molar-refractivity contribution in [1.29, 1.82) is 0 Å². The van der Waals surface area contributed by atoms with Crippen LogP contribution in [0.25, 0.3) is 17.0 Å². The molecular weight excluding hydrogens is 334 g/mol. The van der Waals surface area contributed by atoms with Crippen LogP contribution in [0.1, 0.15) is 25.5 Å². The van der Waals surface area contributed by atoms with Gasteiger partial charge < -0.3 is 4.90 Å². The Labute approximate surface area is 150 Å². The highest BCUT2D eigenvalue weighted by atomic mass is 32.2. The predicted molar refractivity (Wildman–Crippen MR) is 98.9 cm³/mol. The molecule has 0 bridgehead atoms. The summed E-state index contributed by atoms with van der Waals surface area (Å²) in [6.45, 7) is 6.36. The molecule has 0 N–H and O–H groups in total. The molecule has 0 aromatic carbocycles. The van der Waals surface area contributed by atoms with Gasteiger partial charge in [-0.2, -0.15) is 9.50 Å². The van der Waals surface area contributed by atoms with Gasteiger partial charge in [-0.1, -0.05) is 18.7 Å². The van der Waals surface area contributed by atoms with E-state index < -0.39 is 0 Å². The summed E-state index contributed by atoms with van der Waals surface area (Å²) in [4.78, 5) is 20.4. The molecule has 0 saturated carbocycles. The SMILES string of the molecule is CSc1nc2ncc(-c3ccnc(N4CCC(C)CC4)n3)c(C)n2n1. The Hall–Kier alpha value is -2.22. The largest absolute Gasteiger partial charge is 0.341 e. The lowest BCUT2D eigenvalue weighted by molar-refractivity contribution is 0.434. The number of aromatic nitrogens is 6. The van der Waals surface area contributed by atoms with Crippen LogP contribution >= 0.6 is 11.8 Å². The van der Waals surface area contributed by atoms with Crippen molar-refractivity contribution in [3.05, 3.63) is 24.2 Å². The van der Waals surface area contributed by atoms with E-state index in [9.17, 15) is 0 Å². The minimum atomic E-state index is 0.616. The zero-order chi connectivity index (χ0) is 17.4. The van der Waals surface area contributed by atoms with Gasteiger partial charge in [0.15, 0.2) is 0 Å². The lowest BCUT2D eigenvalue weighted by Crippen LogP contribution is -2.34. The molecule has 0 unspecified atom stereocenters. The summed E-state index contributed by atoms with van der Waals surface area (Å²) in [6, 6.07) is 1.93. The fraction of sp³-hybridized carbons (Fsp3) is 0.471. The molecular formula is C17H21N7S. The fourth-order valence-corrected chi connectivity index (χ4v) is 3.46. The Bertz CT molecular complexity index is 899. The monoisotopic (exact) mass is 355 g/mol. The maximum atomic E-state index is 4.79. The summed E-state index contributed by atoms with van der Waals surface area (Å²) in [5.74, 6) is 2.20. The molecule has 25 heavy (non-hydrogen) atoms. The highest BCUT2D eigenvalue weighted by Crippen LogP contribution is 2.25. The number of fused-ring (bicyclic) bond motifs is 1. The van der Waals surface area contributed by atoms with E-state index in [-0.39, 0.29) is 0 Å². The maximum Gasteiger partial charge on any atom is 0.253 e. The average Bonchev–Trinajstić information content (AvgIpc) is 3.07. The Balaban J connectivity index is 1.71. The first-order valence-corrected chi connectivity index (χ1v) is 9.73. The topological polar surface area (TPSA) is 72.1 Å². The van der Waals surface area contributed by atoms with E-state index >= 15 is 0 Å². The molecule has 1 fully saturated rings. The second-order valence-corrected chi connectivity index (χ2v) is 7.25. The van der Waals surface area contributed by atoms with Crippen molar-refractivity contribution < 1.29 is 0 Å². The van der Waals surface area contributed by atoms with Crippen molar-refractivity contribution in [2.45, 2.75) is 31.8 Å². The van der Waals surface area contributed by atoms with Crippen LogP contribution in [0, 0.1) is 12.8 Å². The van der Waals surface area contributed by atoms with Crippen molar-refractivity contribution >= 4 is 23.5 Å². The Morgan fingerprint density at radius 3 is 2.72 bits per heavy atom. The molecule has 3 aromatic rings. The smallest absolute Gasteiger partial charge is 0.253 e. The second-order valence-electron chi connectivity index (χ2n) is 6.48. The number of anilines is 1. The maximum absolute atomic E-state index is 4.79. The second kappa shape index (κ2) is 6.59. The van der Waals surface area contributed by atoms with Gasteiger partial charge in [-0.15, -0.1) is 5.10 Å². The first-order chi connectivity index (χ1) is 12.2. The first kappa shape index (κ1) is 16.3. The number of nitrogens with zero attached hydrogens (tertiary/aromatic N) is 7. The summed E-state index contributed by atoms with van der Waals surface area (Å²) in [6.07, 6.45) is 8.00. The molecule has 0 aliphatic carbocycles. The zero-order valence-corrected chi connectivity index (χ0v) is 15.5. The number of rotatable bonds is 3. The van der Waals surface area contributed by atoms with E-state index in [0.717, 1.165) is 47.1 Å². The minimum absolute atomic E-state index is 0.616. The molecule has 4 rings (SSSR count). The third kappa shape index (κ3) is 3.06. The van der Waals surface area contributed by atoms with Gasteiger partial charge in [0.05, 0.1) is 11.4 Å². The molecule has 4 heterocycles. The number of thioether (sulfide) groups is 1. The molecule has 0 radical (unpaired) electrons. The van der Waals surface area contributed by atoms with Crippen LogP contribution in [0.4, 0.5) is 5.95 Å². The van der Waals surface area contributed by atoms with Crippen molar-refractivity contribution in [1.82, 2.24) is 29.5 Å². The summed E-state index contributed by atoms with van der Waals surface area (Å²) in [5, 5.41) is 5.21. The summed E-state index contributed by atoms with van der Waals surface area (Å²) < 4.78 is 1.78. The zero-order valence-electron chi connectivity index (χ0n) is 14.7. The van der Waals surface area contributed by atoms with Crippen LogP contribution < -0.4 is 4.90 Å². The van der Waals surface area contributed by atoms with E-state index in [1.165, 1.54) is 24.6 Å². The Morgan fingerprint density at radius 1 is 1.16 bits per heavy atom. The third-order valence-electron chi connectivity index (χ3n) is 4.76. The number of piperidine rings is 1. The van der Waals surface area contributed by atoms with Gasteiger partial charge in [-0.3, -0.25) is 0 Å². The normalized spacial score (nSPS) is 15.9. The van der Waals surface area contributed by atoms with Crippen molar-refractivity contribution in [2.24, 2.45) is 5.92 Å². The minimum Gasteiger partial charge on any atom is -0.341 e. The van der Waals surface area contributed by atoms with Gasteiger partial charge in [0.1, 0.15) is 0 Å². The fourth-order valence-electron chi connectivity index (χ4n) is 3.12. The molecule has 8 heteroatoms. The van der Waals surface area contributed by atoms with E-state index in [4.69, 9.17) is 4.98 Å². The molecule has 0 atom stereocenters.